The van der Waals surface area contributed by atoms with Gasteiger partial charge in [-0.15, -0.1) is 5.10 Å². The molecular weight excluding hydrogens is 234 g/mol. The lowest BCUT2D eigenvalue weighted by Gasteiger charge is -2.12. The Morgan fingerprint density at radius 2 is 2.39 bits per heavy atom. The number of carbonyl (C=O) groups is 1. The molecule has 0 radical (unpaired) electrons. The van der Waals surface area contributed by atoms with Crippen molar-refractivity contribution in [3.05, 3.63) is 11.4 Å². The molecule has 1 N–H and O–H groups in total. The van der Waals surface area contributed by atoms with E-state index in [9.17, 15) is 4.79 Å². The van der Waals surface area contributed by atoms with Crippen LogP contribution in [0.15, 0.2) is 0 Å². The third kappa shape index (κ3) is 2.69. The number of hydrogen-bond donors (Lipinski definition) is 1. The maximum atomic E-state index is 11.1. The van der Waals surface area contributed by atoms with E-state index in [1.54, 1.807) is 4.68 Å². The number of aromatic nitrogens is 3. The summed E-state index contributed by atoms with van der Waals surface area (Å²) in [6.07, 6.45) is 3.33. The molecule has 1 aliphatic heterocycles. The van der Waals surface area contributed by atoms with E-state index < -0.39 is 5.97 Å². The number of carboxylic acids is 1. The van der Waals surface area contributed by atoms with Crippen LogP contribution in [0, 0.1) is 0 Å². The fourth-order valence-corrected chi connectivity index (χ4v) is 2.35. The van der Waals surface area contributed by atoms with Crippen LogP contribution in [0.2, 0.25) is 0 Å². The Hall–Kier alpha value is -1.43. The zero-order valence-electron chi connectivity index (χ0n) is 10.8. The summed E-state index contributed by atoms with van der Waals surface area (Å²) in [7, 11) is 0. The van der Waals surface area contributed by atoms with Crippen LogP contribution in [-0.2, 0) is 11.3 Å². The largest absolute Gasteiger partial charge is 0.476 e. The summed E-state index contributed by atoms with van der Waals surface area (Å²) in [5.41, 5.74) is 0.762. The van der Waals surface area contributed by atoms with Crippen molar-refractivity contribution in [2.24, 2.45) is 0 Å². The number of ether oxygens (including phenoxy) is 1. The first kappa shape index (κ1) is 13.0. The molecule has 0 saturated carbocycles. The molecule has 1 unspecified atom stereocenters. The average molecular weight is 253 g/mol. The summed E-state index contributed by atoms with van der Waals surface area (Å²) in [4.78, 5) is 11.1. The third-order valence-electron chi connectivity index (χ3n) is 3.21. The van der Waals surface area contributed by atoms with E-state index in [1.807, 2.05) is 13.8 Å². The minimum absolute atomic E-state index is 0.0670. The molecule has 2 rings (SSSR count). The Morgan fingerprint density at radius 1 is 1.61 bits per heavy atom. The van der Waals surface area contributed by atoms with E-state index in [0.717, 1.165) is 25.9 Å². The highest BCUT2D eigenvalue weighted by atomic mass is 16.5. The summed E-state index contributed by atoms with van der Waals surface area (Å²) in [6, 6.07) is 0. The van der Waals surface area contributed by atoms with Gasteiger partial charge >= 0.3 is 5.97 Å². The van der Waals surface area contributed by atoms with E-state index in [4.69, 9.17) is 9.84 Å². The van der Waals surface area contributed by atoms with Crippen LogP contribution in [-0.4, -0.2) is 38.8 Å². The molecule has 18 heavy (non-hydrogen) atoms. The highest BCUT2D eigenvalue weighted by molar-refractivity contribution is 5.86. The summed E-state index contributed by atoms with van der Waals surface area (Å²) >= 11 is 0. The topological polar surface area (TPSA) is 77.2 Å². The first-order valence-electron chi connectivity index (χ1n) is 6.38. The van der Waals surface area contributed by atoms with Crippen molar-refractivity contribution in [3.8, 4) is 0 Å². The van der Waals surface area contributed by atoms with Gasteiger partial charge in [0.05, 0.1) is 11.8 Å². The Bertz CT molecular complexity index is 422. The number of rotatable bonds is 5. The van der Waals surface area contributed by atoms with Crippen molar-refractivity contribution in [3.63, 3.8) is 0 Å². The fraction of sp³-hybridized carbons (Fsp3) is 0.750. The molecule has 0 amide bonds. The average Bonchev–Trinajstić information content (AvgIpc) is 2.95. The minimum Gasteiger partial charge on any atom is -0.476 e. The van der Waals surface area contributed by atoms with E-state index in [2.05, 4.69) is 10.3 Å². The zero-order chi connectivity index (χ0) is 13.1. The monoisotopic (exact) mass is 253 g/mol. The number of aromatic carboxylic acids is 1. The number of carboxylic acid groups (broad SMARTS) is 1. The molecule has 0 aromatic carbocycles. The Kier molecular flexibility index (Phi) is 3.96. The smallest absolute Gasteiger partial charge is 0.358 e. The lowest BCUT2D eigenvalue weighted by Crippen LogP contribution is -2.14. The molecular formula is C12H19N3O3. The Morgan fingerprint density at radius 3 is 2.94 bits per heavy atom. The number of hydrogen-bond acceptors (Lipinski definition) is 4. The molecule has 1 saturated heterocycles. The van der Waals surface area contributed by atoms with Crippen LogP contribution in [0.25, 0.3) is 0 Å². The number of nitrogens with zero attached hydrogens (tertiary/aromatic N) is 3. The molecule has 100 valence electrons. The van der Waals surface area contributed by atoms with Crippen molar-refractivity contribution in [1.82, 2.24) is 15.0 Å². The minimum atomic E-state index is -1.01. The molecule has 1 atom stereocenters. The van der Waals surface area contributed by atoms with E-state index in [1.165, 1.54) is 0 Å². The summed E-state index contributed by atoms with van der Waals surface area (Å²) in [6.45, 7) is 5.40. The SMILES string of the molecule is CC(C)c1c(C(=O)O)nnn1CCC1CCCO1. The van der Waals surface area contributed by atoms with Gasteiger partial charge in [-0.3, -0.25) is 0 Å². The second-order valence-electron chi connectivity index (χ2n) is 4.93. The third-order valence-corrected chi connectivity index (χ3v) is 3.21. The van der Waals surface area contributed by atoms with Gasteiger partial charge in [0.1, 0.15) is 0 Å². The van der Waals surface area contributed by atoms with Crippen LogP contribution < -0.4 is 0 Å². The molecule has 1 aliphatic rings. The van der Waals surface area contributed by atoms with E-state index in [-0.39, 0.29) is 17.7 Å². The van der Waals surface area contributed by atoms with Gasteiger partial charge in [-0.2, -0.15) is 0 Å². The van der Waals surface area contributed by atoms with Gasteiger partial charge in [0, 0.05) is 13.2 Å². The van der Waals surface area contributed by atoms with Crippen molar-refractivity contribution in [2.45, 2.75) is 51.7 Å². The highest BCUT2D eigenvalue weighted by Gasteiger charge is 2.22. The van der Waals surface area contributed by atoms with Crippen LogP contribution in [0.3, 0.4) is 0 Å². The van der Waals surface area contributed by atoms with Crippen molar-refractivity contribution >= 4 is 5.97 Å². The normalized spacial score (nSPS) is 19.6. The second-order valence-corrected chi connectivity index (χ2v) is 4.93. The van der Waals surface area contributed by atoms with Gasteiger partial charge in [-0.25, -0.2) is 9.48 Å². The van der Waals surface area contributed by atoms with E-state index >= 15 is 0 Å². The molecule has 6 heteroatoms. The van der Waals surface area contributed by atoms with Crippen molar-refractivity contribution < 1.29 is 14.6 Å². The van der Waals surface area contributed by atoms with Gasteiger partial charge in [0.25, 0.3) is 0 Å². The molecule has 1 aromatic rings. The van der Waals surface area contributed by atoms with Crippen LogP contribution in [0.1, 0.15) is 55.2 Å². The van der Waals surface area contributed by atoms with Crippen molar-refractivity contribution in [1.29, 1.82) is 0 Å². The van der Waals surface area contributed by atoms with Crippen LogP contribution in [0.5, 0.6) is 0 Å². The number of aryl methyl sites for hydroxylation is 1. The summed E-state index contributed by atoms with van der Waals surface area (Å²) in [5.74, 6) is -0.919. The lowest BCUT2D eigenvalue weighted by atomic mass is 10.1. The Balaban J connectivity index is 2.09. The first-order chi connectivity index (χ1) is 8.59. The molecule has 0 bridgehead atoms. The van der Waals surface area contributed by atoms with Crippen LogP contribution >= 0.6 is 0 Å². The molecule has 0 aliphatic carbocycles. The van der Waals surface area contributed by atoms with E-state index in [0.29, 0.717) is 12.2 Å². The molecule has 1 fully saturated rings. The van der Waals surface area contributed by atoms with Gasteiger partial charge in [0.15, 0.2) is 5.69 Å². The van der Waals surface area contributed by atoms with Gasteiger partial charge in [0.2, 0.25) is 0 Å². The maximum absolute atomic E-state index is 11.1. The van der Waals surface area contributed by atoms with Gasteiger partial charge in [-0.05, 0) is 25.2 Å². The summed E-state index contributed by atoms with van der Waals surface area (Å²) < 4.78 is 7.26. The molecule has 1 aromatic heterocycles. The maximum Gasteiger partial charge on any atom is 0.358 e. The molecule has 2 heterocycles. The standard InChI is InChI=1S/C12H19N3O3/c1-8(2)11-10(12(16)17)13-14-15(11)6-5-9-4-3-7-18-9/h8-9H,3-7H2,1-2H3,(H,16,17). The zero-order valence-corrected chi connectivity index (χ0v) is 10.8. The molecule has 6 nitrogen and oxygen atoms in total. The predicted octanol–water partition coefficient (Wildman–Crippen LogP) is 1.67. The second kappa shape index (κ2) is 5.48. The lowest BCUT2D eigenvalue weighted by molar-refractivity contribution is 0.0688. The first-order valence-corrected chi connectivity index (χ1v) is 6.38. The van der Waals surface area contributed by atoms with Crippen LogP contribution in [0.4, 0.5) is 0 Å². The summed E-state index contributed by atoms with van der Waals surface area (Å²) in [5, 5.41) is 16.8. The predicted molar refractivity (Wildman–Crippen MR) is 64.7 cm³/mol. The Labute approximate surface area is 106 Å². The molecule has 0 spiro atoms. The van der Waals surface area contributed by atoms with Gasteiger partial charge in [-0.1, -0.05) is 19.1 Å². The fourth-order valence-electron chi connectivity index (χ4n) is 2.35. The van der Waals surface area contributed by atoms with Gasteiger partial charge < -0.3 is 9.84 Å². The van der Waals surface area contributed by atoms with Crippen molar-refractivity contribution in [2.75, 3.05) is 6.61 Å². The quantitative estimate of drug-likeness (QED) is 0.863. The highest BCUT2D eigenvalue weighted by Crippen LogP contribution is 2.20.